The molecule has 1 aromatic heterocycles. The predicted octanol–water partition coefficient (Wildman–Crippen LogP) is 3.05. The van der Waals surface area contributed by atoms with E-state index in [0.29, 0.717) is 17.5 Å². The third-order valence-electron chi connectivity index (χ3n) is 6.44. The first-order valence-electron chi connectivity index (χ1n) is 12.5. The standard InChI is InChI=1S/C28H26Cl2N6O5/c29-19-10-17(15-4-2-1-3-5-15)11-20(30)24(19)21(37)12-18(27(40)41)13-33-23(38)14-36-9-8-16-6-7-22(35-28(31)32)34-25(16)26(36)39/h1-7,10-11,18H,8-9,12-14H2,(H,33,38)(H,40,41)(H4,31,32,34,35)/t18-/m0/s1. The van der Waals surface area contributed by atoms with Crippen LogP contribution in [0.5, 0.6) is 0 Å². The van der Waals surface area contributed by atoms with E-state index in [1.807, 2.05) is 30.3 Å². The third-order valence-corrected chi connectivity index (χ3v) is 7.03. The second kappa shape index (κ2) is 12.8. The van der Waals surface area contributed by atoms with Crippen LogP contribution in [0.1, 0.15) is 32.8 Å². The number of benzene rings is 2. The smallest absolute Gasteiger partial charge is 0.308 e. The van der Waals surface area contributed by atoms with Crippen LogP contribution in [0.15, 0.2) is 59.6 Å². The number of aliphatic carboxylic acids is 1. The monoisotopic (exact) mass is 596 g/mol. The van der Waals surface area contributed by atoms with Gasteiger partial charge in [-0.3, -0.25) is 19.2 Å². The minimum Gasteiger partial charge on any atom is -0.481 e. The number of fused-ring (bicyclic) bond motifs is 1. The minimum absolute atomic E-state index is 0.00997. The molecule has 1 aliphatic rings. The number of guanidine groups is 1. The molecule has 0 spiro atoms. The van der Waals surface area contributed by atoms with E-state index in [-0.39, 0.29) is 52.7 Å². The summed E-state index contributed by atoms with van der Waals surface area (Å²) in [6.07, 6.45) is 0.00747. The summed E-state index contributed by atoms with van der Waals surface area (Å²) in [5.74, 6) is -4.25. The second-order valence-corrected chi connectivity index (χ2v) is 10.2. The molecule has 0 unspecified atom stereocenters. The molecule has 0 saturated carbocycles. The lowest BCUT2D eigenvalue weighted by atomic mass is 9.96. The number of hydrogen-bond donors (Lipinski definition) is 4. The highest BCUT2D eigenvalue weighted by Gasteiger charge is 2.29. The number of aromatic nitrogens is 1. The van der Waals surface area contributed by atoms with E-state index in [1.165, 1.54) is 4.90 Å². The van der Waals surface area contributed by atoms with Gasteiger partial charge < -0.3 is 26.8 Å². The van der Waals surface area contributed by atoms with Crippen LogP contribution in [-0.2, 0) is 16.0 Å². The van der Waals surface area contributed by atoms with Crippen LogP contribution >= 0.6 is 23.2 Å². The van der Waals surface area contributed by atoms with Crippen molar-refractivity contribution in [1.82, 2.24) is 15.2 Å². The summed E-state index contributed by atoms with van der Waals surface area (Å²) in [6, 6.07) is 15.8. The molecule has 11 nitrogen and oxygen atoms in total. The Morgan fingerprint density at radius 1 is 1.05 bits per heavy atom. The summed E-state index contributed by atoms with van der Waals surface area (Å²) in [5.41, 5.74) is 13.1. The molecule has 13 heteroatoms. The Bertz CT molecular complexity index is 1520. The van der Waals surface area contributed by atoms with Crippen molar-refractivity contribution in [3.8, 4) is 11.1 Å². The van der Waals surface area contributed by atoms with Gasteiger partial charge in [0, 0.05) is 19.5 Å². The van der Waals surface area contributed by atoms with E-state index in [9.17, 15) is 24.3 Å². The van der Waals surface area contributed by atoms with E-state index in [1.54, 1.807) is 24.3 Å². The number of carbonyl (C=O) groups is 4. The zero-order valence-electron chi connectivity index (χ0n) is 21.6. The number of nitrogens with one attached hydrogen (secondary N) is 1. The lowest BCUT2D eigenvalue weighted by Gasteiger charge is -2.27. The number of carboxylic acid groups (broad SMARTS) is 1. The summed E-state index contributed by atoms with van der Waals surface area (Å²) in [5, 5.41) is 12.4. The van der Waals surface area contributed by atoms with Crippen molar-refractivity contribution in [2.24, 2.45) is 22.4 Å². The van der Waals surface area contributed by atoms with Crippen molar-refractivity contribution >= 4 is 58.5 Å². The molecule has 1 atom stereocenters. The Hall–Kier alpha value is -4.48. The van der Waals surface area contributed by atoms with Gasteiger partial charge in [-0.15, -0.1) is 0 Å². The van der Waals surface area contributed by atoms with Crippen LogP contribution in [0.2, 0.25) is 10.0 Å². The van der Waals surface area contributed by atoms with Gasteiger partial charge in [0.25, 0.3) is 5.91 Å². The summed E-state index contributed by atoms with van der Waals surface area (Å²) in [7, 11) is 0. The molecule has 2 amide bonds. The Morgan fingerprint density at radius 3 is 2.37 bits per heavy atom. The van der Waals surface area contributed by atoms with Crippen molar-refractivity contribution < 1.29 is 24.3 Å². The van der Waals surface area contributed by atoms with Gasteiger partial charge in [0.05, 0.1) is 28.1 Å². The van der Waals surface area contributed by atoms with Gasteiger partial charge in [0.1, 0.15) is 5.69 Å². The lowest BCUT2D eigenvalue weighted by Crippen LogP contribution is -2.46. The maximum absolute atomic E-state index is 13.0. The summed E-state index contributed by atoms with van der Waals surface area (Å²) < 4.78 is 0. The normalized spacial score (nSPS) is 13.2. The van der Waals surface area contributed by atoms with Crippen LogP contribution in [0.4, 0.5) is 5.82 Å². The molecular weight excluding hydrogens is 571 g/mol. The number of ketones is 1. The number of carboxylic acids is 1. The van der Waals surface area contributed by atoms with Crippen LogP contribution in [0.25, 0.3) is 11.1 Å². The Kier molecular flexibility index (Phi) is 9.21. The fraction of sp³-hybridized carbons (Fsp3) is 0.214. The second-order valence-electron chi connectivity index (χ2n) is 9.34. The summed E-state index contributed by atoms with van der Waals surface area (Å²) >= 11 is 12.8. The Morgan fingerprint density at radius 2 is 1.73 bits per heavy atom. The number of hydrogen-bond acceptors (Lipinski definition) is 6. The zero-order valence-corrected chi connectivity index (χ0v) is 23.2. The molecule has 4 rings (SSSR count). The van der Waals surface area contributed by atoms with E-state index < -0.39 is 35.9 Å². The molecule has 6 N–H and O–H groups in total. The number of aliphatic imine (C=N–C) groups is 1. The molecule has 1 aliphatic heterocycles. The highest BCUT2D eigenvalue weighted by atomic mass is 35.5. The van der Waals surface area contributed by atoms with Gasteiger partial charge in [0.2, 0.25) is 5.91 Å². The van der Waals surface area contributed by atoms with Gasteiger partial charge >= 0.3 is 5.97 Å². The molecule has 0 fully saturated rings. The molecule has 0 aliphatic carbocycles. The quantitative estimate of drug-likeness (QED) is 0.156. The van der Waals surface area contributed by atoms with E-state index in [2.05, 4.69) is 15.3 Å². The number of halogens is 2. The van der Waals surface area contributed by atoms with Crippen molar-refractivity contribution in [1.29, 1.82) is 0 Å². The average Bonchev–Trinajstić information content (AvgIpc) is 2.92. The number of carbonyl (C=O) groups excluding carboxylic acids is 3. The highest BCUT2D eigenvalue weighted by Crippen LogP contribution is 2.33. The molecule has 0 bridgehead atoms. The minimum atomic E-state index is -1.29. The first kappa shape index (κ1) is 29.5. The topological polar surface area (TPSA) is 181 Å². The van der Waals surface area contributed by atoms with Gasteiger partial charge in [-0.25, -0.2) is 4.98 Å². The fourth-order valence-corrected chi connectivity index (χ4v) is 5.09. The molecule has 0 radical (unpaired) electrons. The number of nitrogens with zero attached hydrogens (tertiary/aromatic N) is 3. The molecule has 3 aromatic rings. The van der Waals surface area contributed by atoms with Gasteiger partial charge in [0.15, 0.2) is 17.6 Å². The van der Waals surface area contributed by atoms with E-state index in [0.717, 1.165) is 5.56 Å². The maximum Gasteiger partial charge on any atom is 0.308 e. The first-order valence-corrected chi connectivity index (χ1v) is 13.2. The zero-order chi connectivity index (χ0) is 29.7. The molecule has 2 aromatic carbocycles. The highest BCUT2D eigenvalue weighted by molar-refractivity contribution is 6.40. The van der Waals surface area contributed by atoms with Gasteiger partial charge in [-0.05, 0) is 41.3 Å². The van der Waals surface area contributed by atoms with E-state index in [4.69, 9.17) is 34.7 Å². The van der Waals surface area contributed by atoms with Crippen molar-refractivity contribution in [2.45, 2.75) is 12.8 Å². The molecule has 0 saturated heterocycles. The summed E-state index contributed by atoms with van der Waals surface area (Å²) in [4.78, 5) is 59.8. The molecule has 41 heavy (non-hydrogen) atoms. The maximum atomic E-state index is 13.0. The van der Waals surface area contributed by atoms with Crippen molar-refractivity contribution in [3.05, 3.63) is 81.5 Å². The number of pyridine rings is 1. The largest absolute Gasteiger partial charge is 0.481 e. The summed E-state index contributed by atoms with van der Waals surface area (Å²) in [6.45, 7) is -0.409. The van der Waals surface area contributed by atoms with Gasteiger partial charge in [-0.1, -0.05) is 59.6 Å². The Labute approximate surface area is 245 Å². The third kappa shape index (κ3) is 7.19. The van der Waals surface area contributed by atoms with Crippen molar-refractivity contribution in [3.63, 3.8) is 0 Å². The van der Waals surface area contributed by atoms with Crippen LogP contribution in [0.3, 0.4) is 0 Å². The van der Waals surface area contributed by atoms with E-state index >= 15 is 0 Å². The number of Topliss-reactive ketones (excluding diaryl/α,β-unsaturated/α-hetero) is 1. The molecular formula is C28H26Cl2N6O5. The lowest BCUT2D eigenvalue weighted by molar-refractivity contribution is -0.141. The fourth-order valence-electron chi connectivity index (χ4n) is 4.39. The number of nitrogens with two attached hydrogens (primary N) is 2. The SMILES string of the molecule is NC(N)=Nc1ccc2c(n1)C(=O)N(CC(=O)NC[C@H](CC(=O)c1c(Cl)cc(-c3ccccc3)cc1Cl)C(=O)O)CC2. The first-order chi connectivity index (χ1) is 19.5. The molecule has 2 heterocycles. The number of amides is 2. The van der Waals surface area contributed by atoms with Crippen LogP contribution < -0.4 is 16.8 Å². The Balaban J connectivity index is 1.38. The molecule has 212 valence electrons. The predicted molar refractivity (Wildman–Crippen MR) is 154 cm³/mol. The number of rotatable bonds is 10. The average molecular weight is 597 g/mol. The van der Waals surface area contributed by atoms with Crippen LogP contribution in [-0.4, -0.2) is 64.2 Å². The van der Waals surface area contributed by atoms with Crippen molar-refractivity contribution in [2.75, 3.05) is 19.6 Å². The van der Waals surface area contributed by atoms with Crippen LogP contribution in [0, 0.1) is 5.92 Å². The van der Waals surface area contributed by atoms with Gasteiger partial charge in [-0.2, -0.15) is 4.99 Å².